The molecule has 8 heteroatoms. The Balaban J connectivity index is 1.44. The van der Waals surface area contributed by atoms with Crippen LogP contribution < -0.4 is 5.32 Å². The van der Waals surface area contributed by atoms with Gasteiger partial charge in [-0.25, -0.2) is 8.42 Å². The summed E-state index contributed by atoms with van der Waals surface area (Å²) in [5.74, 6) is -0.180. The summed E-state index contributed by atoms with van der Waals surface area (Å²) in [6, 6.07) is 11.2. The first-order valence-electron chi connectivity index (χ1n) is 9.68. The first kappa shape index (κ1) is 19.6. The van der Waals surface area contributed by atoms with Crippen molar-refractivity contribution in [3.63, 3.8) is 0 Å². The van der Waals surface area contributed by atoms with E-state index in [2.05, 4.69) is 10.3 Å². The molecule has 3 aromatic rings. The summed E-state index contributed by atoms with van der Waals surface area (Å²) >= 11 is 0. The van der Waals surface area contributed by atoms with Crippen LogP contribution in [0.1, 0.15) is 34.7 Å². The zero-order valence-electron chi connectivity index (χ0n) is 16.2. The van der Waals surface area contributed by atoms with Crippen molar-refractivity contribution in [2.24, 2.45) is 0 Å². The second-order valence-corrected chi connectivity index (χ2v) is 9.05. The number of aryl methyl sites for hydroxylation is 1. The lowest BCUT2D eigenvalue weighted by Gasteiger charge is -2.14. The van der Waals surface area contributed by atoms with Crippen molar-refractivity contribution in [2.75, 3.05) is 19.6 Å². The van der Waals surface area contributed by atoms with Gasteiger partial charge in [-0.1, -0.05) is 24.3 Å². The Bertz CT molecular complexity index is 1140. The molecule has 0 aliphatic carbocycles. The van der Waals surface area contributed by atoms with Gasteiger partial charge in [0, 0.05) is 37.3 Å². The first-order chi connectivity index (χ1) is 14.0. The van der Waals surface area contributed by atoms with Gasteiger partial charge in [-0.15, -0.1) is 0 Å². The standard InChI is InChI=1S/C21H23N3O4S/c1-15-19(29(26,27)24-12-2-3-13-24)14-18(28-15)21(25)23-11-9-17-7-4-6-16-8-5-10-22-20(16)17/h4-8,10,14H,2-3,9,11-13H2,1H3,(H,23,25). The number of sulfonamides is 1. The molecule has 3 heterocycles. The van der Waals surface area contributed by atoms with Crippen molar-refractivity contribution >= 4 is 26.8 Å². The third-order valence-corrected chi connectivity index (χ3v) is 7.18. The number of rotatable bonds is 6. The number of fused-ring (bicyclic) bond motifs is 1. The maximum Gasteiger partial charge on any atom is 0.287 e. The molecule has 1 aromatic carbocycles. The molecule has 0 radical (unpaired) electrons. The molecule has 0 spiro atoms. The predicted molar refractivity (Wildman–Crippen MR) is 109 cm³/mol. The van der Waals surface area contributed by atoms with E-state index in [-0.39, 0.29) is 16.4 Å². The third kappa shape index (κ3) is 3.90. The lowest BCUT2D eigenvalue weighted by Crippen LogP contribution is -2.28. The molecular formula is C21H23N3O4S. The maximum atomic E-state index is 12.7. The Labute approximate surface area is 169 Å². The number of aromatic nitrogens is 1. The van der Waals surface area contributed by atoms with Gasteiger partial charge in [0.25, 0.3) is 5.91 Å². The van der Waals surface area contributed by atoms with Crippen molar-refractivity contribution < 1.29 is 17.6 Å². The van der Waals surface area contributed by atoms with Gasteiger partial charge in [0.15, 0.2) is 5.76 Å². The summed E-state index contributed by atoms with van der Waals surface area (Å²) in [6.07, 6.45) is 4.07. The normalized spacial score (nSPS) is 15.1. The van der Waals surface area contributed by atoms with Crippen LogP contribution in [-0.2, 0) is 16.4 Å². The predicted octanol–water partition coefficient (Wildman–Crippen LogP) is 2.89. The first-order valence-corrected chi connectivity index (χ1v) is 11.1. The molecule has 7 nitrogen and oxygen atoms in total. The highest BCUT2D eigenvalue weighted by Crippen LogP contribution is 2.26. The van der Waals surface area contributed by atoms with E-state index in [9.17, 15) is 13.2 Å². The van der Waals surface area contributed by atoms with E-state index in [1.54, 1.807) is 13.1 Å². The molecule has 0 atom stereocenters. The minimum absolute atomic E-state index is 0.0105. The average Bonchev–Trinajstić information content (AvgIpc) is 3.39. The number of nitrogens with zero attached hydrogens (tertiary/aromatic N) is 2. The van der Waals surface area contributed by atoms with E-state index in [4.69, 9.17) is 4.42 Å². The van der Waals surface area contributed by atoms with E-state index in [1.807, 2.05) is 30.3 Å². The summed E-state index contributed by atoms with van der Waals surface area (Å²) in [6.45, 7) is 2.98. The lowest BCUT2D eigenvalue weighted by atomic mass is 10.1. The van der Waals surface area contributed by atoms with E-state index in [1.165, 1.54) is 10.4 Å². The molecule has 152 valence electrons. The van der Waals surface area contributed by atoms with Crippen molar-refractivity contribution in [1.29, 1.82) is 0 Å². The van der Waals surface area contributed by atoms with Crippen LogP contribution >= 0.6 is 0 Å². The highest BCUT2D eigenvalue weighted by molar-refractivity contribution is 7.89. The van der Waals surface area contributed by atoms with Crippen molar-refractivity contribution in [2.45, 2.75) is 31.1 Å². The van der Waals surface area contributed by atoms with Crippen molar-refractivity contribution in [1.82, 2.24) is 14.6 Å². The molecule has 0 saturated carbocycles. The number of carbonyl (C=O) groups excluding carboxylic acids is 1. The summed E-state index contributed by atoms with van der Waals surface area (Å²) in [5.41, 5.74) is 1.95. The molecule has 0 unspecified atom stereocenters. The number of pyridine rings is 1. The zero-order valence-corrected chi connectivity index (χ0v) is 17.0. The number of amides is 1. The van der Waals surface area contributed by atoms with E-state index < -0.39 is 15.9 Å². The van der Waals surface area contributed by atoms with Crippen LogP contribution in [0.15, 0.2) is 51.9 Å². The number of nitrogens with one attached hydrogen (secondary N) is 1. The molecule has 1 N–H and O–H groups in total. The number of hydrogen-bond acceptors (Lipinski definition) is 5. The van der Waals surface area contributed by atoms with Crippen LogP contribution in [0.3, 0.4) is 0 Å². The fraction of sp³-hybridized carbons (Fsp3) is 0.333. The summed E-state index contributed by atoms with van der Waals surface area (Å²) < 4.78 is 32.4. The fourth-order valence-electron chi connectivity index (χ4n) is 3.67. The minimum atomic E-state index is -3.62. The molecule has 1 amide bonds. The third-order valence-electron chi connectivity index (χ3n) is 5.18. The summed E-state index contributed by atoms with van der Waals surface area (Å²) in [4.78, 5) is 17.0. The van der Waals surface area contributed by atoms with Gasteiger partial charge in [-0.2, -0.15) is 4.31 Å². The number of para-hydroxylation sites is 1. The van der Waals surface area contributed by atoms with Gasteiger partial charge in [0.05, 0.1) is 5.52 Å². The van der Waals surface area contributed by atoms with Crippen LogP contribution in [0, 0.1) is 6.92 Å². The Morgan fingerprint density at radius 2 is 1.97 bits per heavy atom. The molecular weight excluding hydrogens is 390 g/mol. The smallest absolute Gasteiger partial charge is 0.287 e. The molecule has 29 heavy (non-hydrogen) atoms. The minimum Gasteiger partial charge on any atom is -0.455 e. The second-order valence-electron chi connectivity index (χ2n) is 7.14. The van der Waals surface area contributed by atoms with Crippen molar-refractivity contribution in [3.05, 3.63) is 59.7 Å². The van der Waals surface area contributed by atoms with Crippen LogP contribution in [0.2, 0.25) is 0 Å². The lowest BCUT2D eigenvalue weighted by molar-refractivity contribution is 0.0925. The number of benzene rings is 1. The number of hydrogen-bond donors (Lipinski definition) is 1. The molecule has 1 saturated heterocycles. The Kier molecular flexibility index (Phi) is 5.38. The summed E-state index contributed by atoms with van der Waals surface area (Å²) in [7, 11) is -3.62. The summed E-state index contributed by atoms with van der Waals surface area (Å²) in [5, 5.41) is 3.86. The van der Waals surface area contributed by atoms with Crippen LogP contribution in [0.4, 0.5) is 0 Å². The van der Waals surface area contributed by atoms with Crippen LogP contribution in [0.5, 0.6) is 0 Å². The maximum absolute atomic E-state index is 12.7. The second kappa shape index (κ2) is 7.96. The van der Waals surface area contributed by atoms with Crippen LogP contribution in [-0.4, -0.2) is 43.2 Å². The van der Waals surface area contributed by atoms with Gasteiger partial charge in [-0.05, 0) is 37.8 Å². The SMILES string of the molecule is Cc1oc(C(=O)NCCc2cccc3cccnc23)cc1S(=O)(=O)N1CCCC1. The fourth-order valence-corrected chi connectivity index (χ4v) is 5.35. The average molecular weight is 413 g/mol. The topological polar surface area (TPSA) is 92.5 Å². The molecule has 1 aliphatic rings. The molecule has 1 fully saturated rings. The Morgan fingerprint density at radius 3 is 2.76 bits per heavy atom. The molecule has 0 bridgehead atoms. The zero-order chi connectivity index (χ0) is 20.4. The molecule has 1 aliphatic heterocycles. The van der Waals surface area contributed by atoms with Gasteiger partial charge >= 0.3 is 0 Å². The monoisotopic (exact) mass is 413 g/mol. The Morgan fingerprint density at radius 1 is 1.21 bits per heavy atom. The number of carbonyl (C=O) groups is 1. The van der Waals surface area contributed by atoms with Crippen molar-refractivity contribution in [3.8, 4) is 0 Å². The van der Waals surface area contributed by atoms with Gasteiger partial charge < -0.3 is 9.73 Å². The highest BCUT2D eigenvalue weighted by atomic mass is 32.2. The Hall–Kier alpha value is -2.71. The molecule has 4 rings (SSSR count). The highest BCUT2D eigenvalue weighted by Gasteiger charge is 2.31. The largest absolute Gasteiger partial charge is 0.455 e. The number of furan rings is 1. The van der Waals surface area contributed by atoms with E-state index in [0.717, 1.165) is 29.3 Å². The van der Waals surface area contributed by atoms with Gasteiger partial charge in [-0.3, -0.25) is 9.78 Å². The molecule has 2 aromatic heterocycles. The van der Waals surface area contributed by atoms with Gasteiger partial charge in [0.2, 0.25) is 10.0 Å². The van der Waals surface area contributed by atoms with E-state index >= 15 is 0 Å². The van der Waals surface area contributed by atoms with Crippen LogP contribution in [0.25, 0.3) is 10.9 Å². The quantitative estimate of drug-likeness (QED) is 0.671. The van der Waals surface area contributed by atoms with Gasteiger partial charge in [0.1, 0.15) is 10.7 Å². The van der Waals surface area contributed by atoms with E-state index in [0.29, 0.717) is 26.1 Å².